The van der Waals surface area contributed by atoms with Gasteiger partial charge in [0.2, 0.25) is 4.80 Å². The first kappa shape index (κ1) is 20.0. The van der Waals surface area contributed by atoms with E-state index in [2.05, 4.69) is 11.0 Å². The average Bonchev–Trinajstić information content (AvgIpc) is 3.02. The van der Waals surface area contributed by atoms with Crippen LogP contribution in [-0.4, -0.2) is 34.3 Å². The van der Waals surface area contributed by atoms with Crippen LogP contribution in [0.3, 0.4) is 0 Å². The van der Waals surface area contributed by atoms with Gasteiger partial charge in [-0.2, -0.15) is 8.42 Å². The van der Waals surface area contributed by atoms with Crippen LogP contribution in [0.5, 0.6) is 17.2 Å². The van der Waals surface area contributed by atoms with E-state index in [-0.39, 0.29) is 4.90 Å². The first-order valence-electron chi connectivity index (χ1n) is 8.25. The van der Waals surface area contributed by atoms with Gasteiger partial charge in [0.05, 0.1) is 36.4 Å². The second kappa shape index (κ2) is 8.07. The number of benzene rings is 2. The van der Waals surface area contributed by atoms with E-state index in [1.165, 1.54) is 30.6 Å². The molecule has 0 amide bonds. The molecule has 9 heteroatoms. The Labute approximate surface area is 167 Å². The zero-order valence-electron chi connectivity index (χ0n) is 15.7. The van der Waals surface area contributed by atoms with Crippen molar-refractivity contribution in [3.05, 3.63) is 53.9 Å². The molecule has 148 valence electrons. The summed E-state index contributed by atoms with van der Waals surface area (Å²) in [6.45, 7) is 4.15. The van der Waals surface area contributed by atoms with Crippen molar-refractivity contribution < 1.29 is 22.6 Å². The first-order chi connectivity index (χ1) is 13.4. The van der Waals surface area contributed by atoms with Crippen molar-refractivity contribution in [3.63, 3.8) is 0 Å². The van der Waals surface area contributed by atoms with E-state index in [4.69, 9.17) is 14.2 Å². The van der Waals surface area contributed by atoms with E-state index in [0.717, 1.165) is 10.2 Å². The van der Waals surface area contributed by atoms with Gasteiger partial charge in [-0.3, -0.25) is 0 Å². The number of fused-ring (bicyclic) bond motifs is 1. The second-order valence-corrected chi connectivity index (χ2v) is 8.31. The number of rotatable bonds is 7. The quantitative estimate of drug-likeness (QED) is 0.549. The minimum absolute atomic E-state index is 0.0890. The van der Waals surface area contributed by atoms with E-state index < -0.39 is 10.0 Å². The highest BCUT2D eigenvalue weighted by atomic mass is 32.2. The summed E-state index contributed by atoms with van der Waals surface area (Å²) in [5.41, 5.74) is 0.784. The van der Waals surface area contributed by atoms with Gasteiger partial charge in [0.15, 0.2) is 11.5 Å². The summed E-state index contributed by atoms with van der Waals surface area (Å²) in [5.74, 6) is 1.68. The third-order valence-electron chi connectivity index (χ3n) is 4.06. The molecular weight excluding hydrogens is 400 g/mol. The fourth-order valence-corrected chi connectivity index (χ4v) is 4.93. The second-order valence-electron chi connectivity index (χ2n) is 5.70. The van der Waals surface area contributed by atoms with Crippen LogP contribution in [0.15, 0.2) is 58.3 Å². The highest BCUT2D eigenvalue weighted by molar-refractivity contribution is 7.90. The lowest BCUT2D eigenvalue weighted by atomic mass is 10.3. The molecule has 0 bridgehead atoms. The highest BCUT2D eigenvalue weighted by Gasteiger charge is 2.16. The molecule has 2 aromatic carbocycles. The van der Waals surface area contributed by atoms with Crippen molar-refractivity contribution >= 4 is 31.6 Å². The molecule has 1 heterocycles. The van der Waals surface area contributed by atoms with Crippen molar-refractivity contribution in [3.8, 4) is 17.2 Å². The average molecular weight is 421 g/mol. The molecule has 0 aliphatic heterocycles. The SMILES string of the molecule is C=CCn1/c(=N/S(=O)(=O)c2ccc(OC)cc2)sc2cc(OC)c(OC)cc21. The van der Waals surface area contributed by atoms with Crippen LogP contribution in [0.2, 0.25) is 0 Å². The molecule has 7 nitrogen and oxygen atoms in total. The van der Waals surface area contributed by atoms with Crippen LogP contribution in [0, 0.1) is 0 Å². The molecule has 1 aromatic heterocycles. The summed E-state index contributed by atoms with van der Waals surface area (Å²) in [4.78, 5) is 0.423. The van der Waals surface area contributed by atoms with Gasteiger partial charge in [-0.05, 0) is 24.3 Å². The third-order valence-corrected chi connectivity index (χ3v) is 6.49. The van der Waals surface area contributed by atoms with E-state index in [0.29, 0.717) is 28.6 Å². The zero-order valence-corrected chi connectivity index (χ0v) is 17.3. The molecule has 0 atom stereocenters. The molecule has 0 spiro atoms. The van der Waals surface area contributed by atoms with Crippen molar-refractivity contribution in [2.24, 2.45) is 4.40 Å². The van der Waals surface area contributed by atoms with Gasteiger partial charge in [0.1, 0.15) is 5.75 Å². The molecule has 0 unspecified atom stereocenters. The van der Waals surface area contributed by atoms with Crippen molar-refractivity contribution in [2.45, 2.75) is 11.4 Å². The zero-order chi connectivity index (χ0) is 20.3. The molecule has 3 rings (SSSR count). The summed E-state index contributed by atoms with van der Waals surface area (Å²) in [6.07, 6.45) is 1.68. The molecule has 0 N–H and O–H groups in total. The minimum atomic E-state index is -3.90. The van der Waals surface area contributed by atoms with E-state index in [1.807, 2.05) is 0 Å². The molecule has 0 aliphatic rings. The highest BCUT2D eigenvalue weighted by Crippen LogP contribution is 2.33. The minimum Gasteiger partial charge on any atom is -0.497 e. The van der Waals surface area contributed by atoms with Gasteiger partial charge in [0, 0.05) is 18.7 Å². The fraction of sp³-hybridized carbons (Fsp3) is 0.211. The third kappa shape index (κ3) is 3.76. The molecular formula is C19H20N2O5S2. The van der Waals surface area contributed by atoms with Gasteiger partial charge in [-0.25, -0.2) is 0 Å². The fourth-order valence-electron chi connectivity index (χ4n) is 2.68. The molecule has 28 heavy (non-hydrogen) atoms. The Kier molecular flexibility index (Phi) is 5.76. The Balaban J connectivity index is 2.22. The molecule has 0 radical (unpaired) electrons. The molecule has 0 saturated heterocycles. The maximum Gasteiger partial charge on any atom is 0.285 e. The van der Waals surface area contributed by atoms with Crippen LogP contribution in [0.1, 0.15) is 0 Å². The van der Waals surface area contributed by atoms with Crippen LogP contribution in [0.25, 0.3) is 10.2 Å². The van der Waals surface area contributed by atoms with E-state index >= 15 is 0 Å². The maximum atomic E-state index is 12.8. The lowest BCUT2D eigenvalue weighted by Crippen LogP contribution is -2.16. The Bertz CT molecular complexity index is 1180. The lowest BCUT2D eigenvalue weighted by molar-refractivity contribution is 0.355. The number of methoxy groups -OCH3 is 3. The summed E-state index contributed by atoms with van der Waals surface area (Å²) in [5, 5.41) is 0. The van der Waals surface area contributed by atoms with E-state index in [1.54, 1.807) is 49.1 Å². The van der Waals surface area contributed by atoms with Crippen molar-refractivity contribution in [1.29, 1.82) is 0 Å². The number of sulfonamides is 1. The molecule has 0 aliphatic carbocycles. The number of allylic oxidation sites excluding steroid dienone is 1. The number of ether oxygens (including phenoxy) is 3. The van der Waals surface area contributed by atoms with Crippen LogP contribution in [0.4, 0.5) is 0 Å². The number of nitrogens with zero attached hydrogens (tertiary/aromatic N) is 2. The Morgan fingerprint density at radius 1 is 1.07 bits per heavy atom. The largest absolute Gasteiger partial charge is 0.497 e. The van der Waals surface area contributed by atoms with Gasteiger partial charge in [-0.15, -0.1) is 11.0 Å². The van der Waals surface area contributed by atoms with Gasteiger partial charge < -0.3 is 18.8 Å². The van der Waals surface area contributed by atoms with Crippen LogP contribution >= 0.6 is 11.3 Å². The maximum absolute atomic E-state index is 12.8. The number of aromatic nitrogens is 1. The summed E-state index contributed by atoms with van der Waals surface area (Å²) < 4.78 is 48.0. The first-order valence-corrected chi connectivity index (χ1v) is 10.5. The summed E-state index contributed by atoms with van der Waals surface area (Å²) in [6, 6.07) is 9.70. The Hall–Kier alpha value is -2.78. The monoisotopic (exact) mass is 420 g/mol. The van der Waals surface area contributed by atoms with Crippen LogP contribution in [-0.2, 0) is 16.6 Å². The van der Waals surface area contributed by atoms with Gasteiger partial charge in [-0.1, -0.05) is 17.4 Å². The normalized spacial score (nSPS) is 12.2. The number of thiazole rings is 1. The lowest BCUT2D eigenvalue weighted by Gasteiger charge is -2.08. The van der Waals surface area contributed by atoms with Crippen molar-refractivity contribution in [2.75, 3.05) is 21.3 Å². The molecule has 0 fully saturated rings. The Morgan fingerprint density at radius 2 is 1.71 bits per heavy atom. The predicted octanol–water partition coefficient (Wildman–Crippen LogP) is 3.20. The standard InChI is InChI=1S/C19H20N2O5S2/c1-5-10-21-15-11-16(25-3)17(26-4)12-18(15)27-19(21)20-28(22,23)14-8-6-13(24-2)7-9-14/h5-9,11-12H,1,10H2,2-4H3/b20-19-. The summed E-state index contributed by atoms with van der Waals surface area (Å²) >= 11 is 1.25. The van der Waals surface area contributed by atoms with E-state index in [9.17, 15) is 8.42 Å². The smallest absolute Gasteiger partial charge is 0.285 e. The Morgan fingerprint density at radius 3 is 2.29 bits per heavy atom. The van der Waals surface area contributed by atoms with Gasteiger partial charge >= 0.3 is 0 Å². The number of hydrogen-bond acceptors (Lipinski definition) is 6. The topological polar surface area (TPSA) is 79.1 Å². The molecule has 0 saturated carbocycles. The summed E-state index contributed by atoms with van der Waals surface area (Å²) in [7, 11) is 0.723. The van der Waals surface area contributed by atoms with Gasteiger partial charge in [0.25, 0.3) is 10.0 Å². The van der Waals surface area contributed by atoms with Crippen molar-refractivity contribution in [1.82, 2.24) is 4.57 Å². The molecule has 3 aromatic rings. The van der Waals surface area contributed by atoms with Crippen LogP contribution < -0.4 is 19.0 Å². The number of hydrogen-bond donors (Lipinski definition) is 0. The predicted molar refractivity (Wildman–Crippen MR) is 109 cm³/mol.